The minimum Gasteiger partial charge on any atom is -0.355 e. The van der Waals surface area contributed by atoms with Gasteiger partial charge in [0.05, 0.1) is 0 Å². The van der Waals surface area contributed by atoms with Gasteiger partial charge in [0.2, 0.25) is 0 Å². The number of para-hydroxylation sites is 1. The molecule has 1 aromatic carbocycles. The SMILES string of the molecule is CCCCCCCCCCCCCCCCCCN1C=CN(c2ccccc2)C1C(C)C. The highest BCUT2D eigenvalue weighted by molar-refractivity contribution is 5.51. The van der Waals surface area contributed by atoms with Crippen LogP contribution in [0.15, 0.2) is 42.7 Å². The van der Waals surface area contributed by atoms with Gasteiger partial charge < -0.3 is 9.80 Å². The predicted octanol–water partition coefficient (Wildman–Crippen LogP) is 9.52. The molecule has 1 aliphatic heterocycles. The fraction of sp³-hybridized carbons (Fsp3) is 0.733. The topological polar surface area (TPSA) is 6.48 Å². The van der Waals surface area contributed by atoms with E-state index in [1.807, 2.05) is 0 Å². The fourth-order valence-corrected chi connectivity index (χ4v) is 5.09. The first-order chi connectivity index (χ1) is 15.7. The van der Waals surface area contributed by atoms with Crippen molar-refractivity contribution in [2.75, 3.05) is 11.4 Å². The van der Waals surface area contributed by atoms with Crippen LogP contribution < -0.4 is 4.90 Å². The van der Waals surface area contributed by atoms with Crippen molar-refractivity contribution >= 4 is 5.69 Å². The van der Waals surface area contributed by atoms with Crippen molar-refractivity contribution < 1.29 is 0 Å². The zero-order chi connectivity index (χ0) is 22.9. The lowest BCUT2D eigenvalue weighted by Crippen LogP contribution is -2.43. The zero-order valence-electron chi connectivity index (χ0n) is 21.6. The lowest BCUT2D eigenvalue weighted by Gasteiger charge is -2.35. The Morgan fingerprint density at radius 3 is 1.56 bits per heavy atom. The molecule has 0 fully saturated rings. The number of anilines is 1. The first kappa shape index (κ1) is 26.8. The van der Waals surface area contributed by atoms with E-state index in [0.29, 0.717) is 12.1 Å². The second-order valence-corrected chi connectivity index (χ2v) is 10.2. The normalized spacial score (nSPS) is 15.9. The van der Waals surface area contributed by atoms with Gasteiger partial charge in [-0.25, -0.2) is 0 Å². The van der Waals surface area contributed by atoms with Gasteiger partial charge in [0.25, 0.3) is 0 Å². The van der Waals surface area contributed by atoms with Gasteiger partial charge in [0.1, 0.15) is 6.17 Å². The molecule has 1 unspecified atom stereocenters. The Morgan fingerprint density at radius 2 is 1.09 bits per heavy atom. The second kappa shape index (κ2) is 17.1. The molecule has 1 aliphatic rings. The largest absolute Gasteiger partial charge is 0.355 e. The van der Waals surface area contributed by atoms with Crippen LogP contribution in [0.1, 0.15) is 124 Å². The molecule has 0 aliphatic carbocycles. The number of rotatable bonds is 19. The molecule has 0 aromatic heterocycles. The lowest BCUT2D eigenvalue weighted by molar-refractivity contribution is 0.237. The highest BCUT2D eigenvalue weighted by Crippen LogP contribution is 2.29. The van der Waals surface area contributed by atoms with Crippen molar-refractivity contribution in [3.05, 3.63) is 42.7 Å². The van der Waals surface area contributed by atoms with Crippen molar-refractivity contribution in [1.82, 2.24) is 4.90 Å². The Hall–Kier alpha value is -1.44. The van der Waals surface area contributed by atoms with Crippen molar-refractivity contribution in [2.45, 2.75) is 130 Å². The molecule has 1 atom stereocenters. The highest BCUT2D eigenvalue weighted by Gasteiger charge is 2.29. The third-order valence-electron chi connectivity index (χ3n) is 6.96. The Bertz CT molecular complexity index is 580. The van der Waals surface area contributed by atoms with Gasteiger partial charge >= 0.3 is 0 Å². The van der Waals surface area contributed by atoms with E-state index in [2.05, 4.69) is 73.3 Å². The van der Waals surface area contributed by atoms with Crippen molar-refractivity contribution in [3.8, 4) is 0 Å². The summed E-state index contributed by atoms with van der Waals surface area (Å²) in [5.74, 6) is 0.603. The van der Waals surface area contributed by atoms with Crippen LogP contribution in [0.3, 0.4) is 0 Å². The summed E-state index contributed by atoms with van der Waals surface area (Å²) in [5, 5.41) is 0. The average molecular weight is 441 g/mol. The van der Waals surface area contributed by atoms with Gasteiger partial charge in [-0.1, -0.05) is 135 Å². The molecular formula is C30H52N2. The molecule has 2 heteroatoms. The summed E-state index contributed by atoms with van der Waals surface area (Å²) >= 11 is 0. The maximum Gasteiger partial charge on any atom is 0.108 e. The summed E-state index contributed by atoms with van der Waals surface area (Å²) in [5.41, 5.74) is 1.30. The van der Waals surface area contributed by atoms with Gasteiger partial charge in [-0.05, 0) is 24.5 Å². The van der Waals surface area contributed by atoms with E-state index in [0.717, 1.165) is 0 Å². The molecule has 0 spiro atoms. The summed E-state index contributed by atoms with van der Waals surface area (Å²) < 4.78 is 0. The highest BCUT2D eigenvalue weighted by atomic mass is 15.4. The van der Waals surface area contributed by atoms with Crippen molar-refractivity contribution in [2.24, 2.45) is 5.92 Å². The van der Waals surface area contributed by atoms with Crippen molar-refractivity contribution in [3.63, 3.8) is 0 Å². The maximum absolute atomic E-state index is 2.56. The van der Waals surface area contributed by atoms with Gasteiger partial charge in [0, 0.05) is 24.6 Å². The van der Waals surface area contributed by atoms with Crippen LogP contribution in [0.4, 0.5) is 5.69 Å². The smallest absolute Gasteiger partial charge is 0.108 e. The average Bonchev–Trinajstić information content (AvgIpc) is 3.23. The van der Waals surface area contributed by atoms with E-state index in [-0.39, 0.29) is 0 Å². The summed E-state index contributed by atoms with van der Waals surface area (Å²) in [6, 6.07) is 10.8. The zero-order valence-corrected chi connectivity index (χ0v) is 21.6. The van der Waals surface area contributed by atoms with Crippen LogP contribution in [-0.4, -0.2) is 17.6 Å². The molecule has 0 bridgehead atoms. The summed E-state index contributed by atoms with van der Waals surface area (Å²) in [6.07, 6.45) is 28.0. The van der Waals surface area contributed by atoms with Crippen molar-refractivity contribution in [1.29, 1.82) is 0 Å². The standard InChI is InChI=1S/C30H52N2/c1-4-5-6-7-8-9-10-11-12-13-14-15-16-17-18-22-25-31-26-27-32(30(31)28(2)3)29-23-20-19-21-24-29/h19-21,23-24,26-28,30H,4-18,22,25H2,1-3H3. The van der Waals surface area contributed by atoms with Gasteiger partial charge in [0.15, 0.2) is 0 Å². The third-order valence-corrected chi connectivity index (χ3v) is 6.96. The second-order valence-electron chi connectivity index (χ2n) is 10.2. The van der Waals surface area contributed by atoms with Crippen LogP contribution in [0.2, 0.25) is 0 Å². The number of unbranched alkanes of at least 4 members (excludes halogenated alkanes) is 15. The van der Waals surface area contributed by atoms with E-state index in [4.69, 9.17) is 0 Å². The van der Waals surface area contributed by atoms with E-state index in [1.54, 1.807) is 0 Å². The minimum absolute atomic E-state index is 0.453. The monoisotopic (exact) mass is 440 g/mol. The van der Waals surface area contributed by atoms with Gasteiger partial charge in [-0.15, -0.1) is 0 Å². The Labute approximate surface area is 200 Å². The molecule has 1 aromatic rings. The lowest BCUT2D eigenvalue weighted by atomic mass is 10.0. The molecule has 32 heavy (non-hydrogen) atoms. The molecule has 0 N–H and O–H groups in total. The molecule has 182 valence electrons. The Kier molecular flexibility index (Phi) is 14.3. The molecule has 2 rings (SSSR count). The Morgan fingerprint density at radius 1 is 0.625 bits per heavy atom. The molecule has 2 nitrogen and oxygen atoms in total. The van der Waals surface area contributed by atoms with Crippen LogP contribution in [0.25, 0.3) is 0 Å². The van der Waals surface area contributed by atoms with Gasteiger partial charge in [-0.2, -0.15) is 0 Å². The quantitative estimate of drug-likeness (QED) is 0.198. The van der Waals surface area contributed by atoms with E-state index in [9.17, 15) is 0 Å². The molecule has 1 heterocycles. The predicted molar refractivity (Wildman–Crippen MR) is 143 cm³/mol. The van der Waals surface area contributed by atoms with Gasteiger partial charge in [-0.3, -0.25) is 0 Å². The summed E-state index contributed by atoms with van der Waals surface area (Å²) in [4.78, 5) is 5.00. The van der Waals surface area contributed by atoms with Crippen LogP contribution in [0.5, 0.6) is 0 Å². The molecule has 0 saturated carbocycles. The van der Waals surface area contributed by atoms with E-state index in [1.165, 1.54) is 115 Å². The van der Waals surface area contributed by atoms with E-state index < -0.39 is 0 Å². The summed E-state index contributed by atoms with van der Waals surface area (Å²) in [6.45, 7) is 8.16. The van der Waals surface area contributed by atoms with Crippen LogP contribution >= 0.6 is 0 Å². The number of hydrogen-bond acceptors (Lipinski definition) is 2. The number of nitrogens with zero attached hydrogens (tertiary/aromatic N) is 2. The third kappa shape index (κ3) is 10.5. The molecular weight excluding hydrogens is 388 g/mol. The Balaban J connectivity index is 1.44. The molecule has 0 radical (unpaired) electrons. The fourth-order valence-electron chi connectivity index (χ4n) is 5.09. The van der Waals surface area contributed by atoms with Crippen LogP contribution in [-0.2, 0) is 0 Å². The number of benzene rings is 1. The minimum atomic E-state index is 0.453. The first-order valence-electron chi connectivity index (χ1n) is 14.0. The number of hydrogen-bond donors (Lipinski definition) is 0. The summed E-state index contributed by atoms with van der Waals surface area (Å²) in [7, 11) is 0. The molecule has 0 amide bonds. The van der Waals surface area contributed by atoms with E-state index >= 15 is 0 Å². The van der Waals surface area contributed by atoms with Crippen LogP contribution in [0, 0.1) is 5.92 Å². The molecule has 0 saturated heterocycles. The first-order valence-corrected chi connectivity index (χ1v) is 14.0. The maximum atomic E-state index is 2.56.